The van der Waals surface area contributed by atoms with Gasteiger partial charge in [-0.1, -0.05) is 91.0 Å². The summed E-state index contributed by atoms with van der Waals surface area (Å²) in [4.78, 5) is 5.00. The Labute approximate surface area is 177 Å². The predicted molar refractivity (Wildman–Crippen MR) is 121 cm³/mol. The molecule has 4 aromatic rings. The van der Waals surface area contributed by atoms with Crippen LogP contribution in [-0.4, -0.2) is 20.3 Å². The second-order valence-corrected chi connectivity index (χ2v) is 8.16. The van der Waals surface area contributed by atoms with Gasteiger partial charge in [0.15, 0.2) is 0 Å². The number of nitrogens with zero attached hydrogens (tertiary/aromatic N) is 2. The van der Waals surface area contributed by atoms with Gasteiger partial charge in [-0.15, -0.1) is 0 Å². The minimum Gasteiger partial charge on any atom is -0.351 e. The number of aromatic nitrogens is 2. The van der Waals surface area contributed by atoms with Gasteiger partial charge in [-0.05, 0) is 20.8 Å². The zero-order chi connectivity index (χ0) is 21.1. The molecule has 0 spiro atoms. The van der Waals surface area contributed by atoms with E-state index in [-0.39, 0.29) is 0 Å². The highest BCUT2D eigenvalue weighted by Gasteiger charge is 2.28. The van der Waals surface area contributed by atoms with E-state index in [0.29, 0.717) is 5.82 Å². The van der Waals surface area contributed by atoms with Crippen LogP contribution in [0.3, 0.4) is 0 Å². The van der Waals surface area contributed by atoms with Gasteiger partial charge < -0.3 is 9.84 Å². The Morgan fingerprint density at radius 2 is 1.20 bits per heavy atom. The Balaban J connectivity index is 2.02. The Kier molecular flexibility index (Phi) is 5.53. The maximum absolute atomic E-state index is 11.2. The molecule has 1 unspecified atom stereocenters. The molecule has 1 aromatic heterocycles. The second kappa shape index (κ2) is 8.27. The van der Waals surface area contributed by atoms with Crippen LogP contribution in [-0.2, 0) is 4.74 Å². The summed E-state index contributed by atoms with van der Waals surface area (Å²) in [5.74, 6) is 0.657. The highest BCUT2D eigenvalue weighted by atomic mass is 16.6. The van der Waals surface area contributed by atoms with Crippen molar-refractivity contribution in [3.8, 4) is 33.9 Å². The molecule has 0 amide bonds. The summed E-state index contributed by atoms with van der Waals surface area (Å²) in [7, 11) is 0. The lowest BCUT2D eigenvalue weighted by molar-refractivity contribution is -0.208. The standard InChI is InChI=1S/C26H26N2O2/c1-26(2,3)30-25(29)28-23(20-15-9-5-10-16-20)22(19-13-7-4-8-14-19)27-24(28)21-17-11-6-12-18-21/h4-18,25,29H,1-3H3. The van der Waals surface area contributed by atoms with Gasteiger partial charge in [-0.3, -0.25) is 4.57 Å². The van der Waals surface area contributed by atoms with Crippen molar-refractivity contribution in [3.63, 3.8) is 0 Å². The van der Waals surface area contributed by atoms with Gasteiger partial charge in [0.25, 0.3) is 0 Å². The molecule has 1 N–H and O–H groups in total. The summed E-state index contributed by atoms with van der Waals surface area (Å²) in [6.07, 6.45) is -1.19. The van der Waals surface area contributed by atoms with Crippen LogP contribution in [0.5, 0.6) is 0 Å². The van der Waals surface area contributed by atoms with E-state index in [1.165, 1.54) is 0 Å². The van der Waals surface area contributed by atoms with Crippen LogP contribution in [0.15, 0.2) is 91.0 Å². The lowest BCUT2D eigenvalue weighted by Crippen LogP contribution is -2.26. The molecule has 1 atom stereocenters. The van der Waals surface area contributed by atoms with Crippen LogP contribution in [0.1, 0.15) is 27.2 Å². The van der Waals surface area contributed by atoms with Crippen molar-refractivity contribution in [3.05, 3.63) is 91.0 Å². The van der Waals surface area contributed by atoms with Crippen molar-refractivity contribution >= 4 is 0 Å². The highest BCUT2D eigenvalue weighted by Crippen LogP contribution is 2.38. The average molecular weight is 399 g/mol. The fourth-order valence-corrected chi connectivity index (χ4v) is 3.48. The summed E-state index contributed by atoms with van der Waals surface area (Å²) in [6, 6.07) is 29.9. The smallest absolute Gasteiger partial charge is 0.244 e. The molecule has 0 aliphatic heterocycles. The maximum atomic E-state index is 11.2. The highest BCUT2D eigenvalue weighted by molar-refractivity contribution is 5.82. The Bertz CT molecular complexity index is 1100. The summed E-state index contributed by atoms with van der Waals surface area (Å²) in [6.45, 7) is 5.78. The number of hydrogen-bond acceptors (Lipinski definition) is 3. The van der Waals surface area contributed by atoms with Gasteiger partial charge in [0.2, 0.25) is 6.41 Å². The van der Waals surface area contributed by atoms with Gasteiger partial charge >= 0.3 is 0 Å². The van der Waals surface area contributed by atoms with Gasteiger partial charge in [0.1, 0.15) is 5.82 Å². The molecule has 3 aromatic carbocycles. The van der Waals surface area contributed by atoms with E-state index in [0.717, 1.165) is 28.1 Å². The number of rotatable bonds is 5. The van der Waals surface area contributed by atoms with E-state index in [1.807, 2.05) is 112 Å². The van der Waals surface area contributed by atoms with Crippen molar-refractivity contribution < 1.29 is 9.84 Å². The van der Waals surface area contributed by atoms with E-state index in [9.17, 15) is 5.11 Å². The number of ether oxygens (including phenoxy) is 1. The van der Waals surface area contributed by atoms with Gasteiger partial charge in [-0.25, -0.2) is 4.98 Å². The minimum atomic E-state index is -1.19. The fraction of sp³-hybridized carbons (Fsp3) is 0.192. The van der Waals surface area contributed by atoms with E-state index in [4.69, 9.17) is 9.72 Å². The lowest BCUT2D eigenvalue weighted by atomic mass is 10.0. The van der Waals surface area contributed by atoms with Crippen LogP contribution in [0, 0.1) is 0 Å². The fourth-order valence-electron chi connectivity index (χ4n) is 3.48. The number of imidazole rings is 1. The molecule has 1 heterocycles. The third-order valence-corrected chi connectivity index (χ3v) is 4.72. The molecule has 30 heavy (non-hydrogen) atoms. The summed E-state index contributed by atoms with van der Waals surface area (Å²) in [5.41, 5.74) is 3.94. The van der Waals surface area contributed by atoms with E-state index in [2.05, 4.69) is 0 Å². The molecule has 0 radical (unpaired) electrons. The second-order valence-electron chi connectivity index (χ2n) is 8.16. The molecule has 0 saturated heterocycles. The molecule has 4 heteroatoms. The third-order valence-electron chi connectivity index (χ3n) is 4.72. The van der Waals surface area contributed by atoms with Crippen LogP contribution in [0.25, 0.3) is 33.9 Å². The Hall–Kier alpha value is -3.21. The predicted octanol–water partition coefficient (Wildman–Crippen LogP) is 6.15. The molecule has 0 saturated carbocycles. The van der Waals surface area contributed by atoms with Crippen LogP contribution >= 0.6 is 0 Å². The normalized spacial score (nSPS) is 12.7. The van der Waals surface area contributed by atoms with Crippen LogP contribution < -0.4 is 0 Å². The van der Waals surface area contributed by atoms with E-state index >= 15 is 0 Å². The third kappa shape index (κ3) is 4.20. The van der Waals surface area contributed by atoms with Crippen molar-refractivity contribution in [2.45, 2.75) is 32.8 Å². The van der Waals surface area contributed by atoms with Crippen molar-refractivity contribution in [1.82, 2.24) is 9.55 Å². The molecule has 0 fully saturated rings. The average Bonchev–Trinajstić information content (AvgIpc) is 3.15. The molecule has 0 aliphatic rings. The first-order valence-corrected chi connectivity index (χ1v) is 10.1. The SMILES string of the molecule is CC(C)(C)OC(O)n1c(-c2ccccc2)nc(-c2ccccc2)c1-c1ccccc1. The molecule has 0 bridgehead atoms. The Morgan fingerprint density at radius 1 is 0.733 bits per heavy atom. The number of aliphatic hydroxyl groups is 1. The minimum absolute atomic E-state index is 0.529. The van der Waals surface area contributed by atoms with Gasteiger partial charge in [0, 0.05) is 16.7 Å². The van der Waals surface area contributed by atoms with Gasteiger partial charge in [0.05, 0.1) is 17.0 Å². The van der Waals surface area contributed by atoms with Crippen molar-refractivity contribution in [2.24, 2.45) is 0 Å². The monoisotopic (exact) mass is 398 g/mol. The summed E-state index contributed by atoms with van der Waals surface area (Å²) >= 11 is 0. The maximum Gasteiger partial charge on any atom is 0.244 e. The first kappa shape index (κ1) is 20.1. The van der Waals surface area contributed by atoms with Crippen LogP contribution in [0.4, 0.5) is 0 Å². The Morgan fingerprint density at radius 3 is 1.70 bits per heavy atom. The molecular formula is C26H26N2O2. The molecule has 0 aliphatic carbocycles. The number of aliphatic hydroxyl groups excluding tert-OH is 1. The quantitative estimate of drug-likeness (QED) is 0.410. The van der Waals surface area contributed by atoms with Crippen molar-refractivity contribution in [1.29, 1.82) is 0 Å². The molecular weight excluding hydrogens is 372 g/mol. The van der Waals surface area contributed by atoms with Gasteiger partial charge in [-0.2, -0.15) is 0 Å². The zero-order valence-corrected chi connectivity index (χ0v) is 17.5. The largest absolute Gasteiger partial charge is 0.351 e. The van der Waals surface area contributed by atoms with Crippen molar-refractivity contribution in [2.75, 3.05) is 0 Å². The topological polar surface area (TPSA) is 47.3 Å². The number of benzene rings is 3. The zero-order valence-electron chi connectivity index (χ0n) is 17.5. The summed E-state index contributed by atoms with van der Waals surface area (Å²) in [5, 5.41) is 11.2. The summed E-state index contributed by atoms with van der Waals surface area (Å²) < 4.78 is 7.77. The first-order chi connectivity index (χ1) is 14.4. The first-order valence-electron chi connectivity index (χ1n) is 10.1. The molecule has 4 nitrogen and oxygen atoms in total. The van der Waals surface area contributed by atoms with E-state index < -0.39 is 12.0 Å². The molecule has 152 valence electrons. The lowest BCUT2D eigenvalue weighted by Gasteiger charge is -2.27. The van der Waals surface area contributed by atoms with E-state index in [1.54, 1.807) is 4.57 Å². The van der Waals surface area contributed by atoms with Crippen LogP contribution in [0.2, 0.25) is 0 Å². The molecule has 4 rings (SSSR count). The number of hydrogen-bond donors (Lipinski definition) is 1.